The Kier molecular flexibility index (Phi) is 4.69. The molecule has 0 atom stereocenters. The van der Waals surface area contributed by atoms with Crippen molar-refractivity contribution in [2.24, 2.45) is 5.73 Å². The van der Waals surface area contributed by atoms with Gasteiger partial charge in [0.05, 0.1) is 19.0 Å². The molecule has 0 saturated carbocycles. The van der Waals surface area contributed by atoms with Crippen molar-refractivity contribution in [3.05, 3.63) is 12.4 Å². The number of aromatic nitrogens is 2. The molecule has 1 aromatic rings. The largest absolute Gasteiger partial charge is 0.477 e. The molecule has 1 heterocycles. The van der Waals surface area contributed by atoms with Gasteiger partial charge in [-0.15, -0.1) is 0 Å². The number of hydrogen-bond donors (Lipinski definition) is 1. The normalized spacial score (nSPS) is 11.4. The van der Waals surface area contributed by atoms with Gasteiger partial charge >= 0.3 is 0 Å². The van der Waals surface area contributed by atoms with E-state index in [0.29, 0.717) is 19.0 Å². The molecule has 0 unspecified atom stereocenters. The molecule has 0 radical (unpaired) electrons. The second kappa shape index (κ2) is 5.82. The first-order valence-corrected chi connectivity index (χ1v) is 5.90. The molecule has 5 heteroatoms. The van der Waals surface area contributed by atoms with Crippen LogP contribution in [-0.4, -0.2) is 35.7 Å². The van der Waals surface area contributed by atoms with Gasteiger partial charge in [-0.05, 0) is 20.3 Å². The minimum absolute atomic E-state index is 0.155. The molecule has 17 heavy (non-hydrogen) atoms. The molecule has 1 aromatic heterocycles. The highest BCUT2D eigenvalue weighted by Crippen LogP contribution is 2.20. The van der Waals surface area contributed by atoms with Crippen LogP contribution in [-0.2, 0) is 0 Å². The van der Waals surface area contributed by atoms with E-state index in [0.717, 1.165) is 12.2 Å². The van der Waals surface area contributed by atoms with E-state index in [1.54, 1.807) is 12.4 Å². The van der Waals surface area contributed by atoms with Crippen molar-refractivity contribution in [2.75, 3.05) is 25.1 Å². The second-order valence-corrected chi connectivity index (χ2v) is 4.64. The van der Waals surface area contributed by atoms with Gasteiger partial charge in [0.15, 0.2) is 5.82 Å². The molecule has 0 amide bonds. The molecular weight excluding hydrogens is 216 g/mol. The van der Waals surface area contributed by atoms with Gasteiger partial charge in [0.25, 0.3) is 0 Å². The summed E-state index contributed by atoms with van der Waals surface area (Å²) in [5.41, 5.74) is 5.59. The minimum atomic E-state index is -0.155. The maximum absolute atomic E-state index is 5.74. The summed E-state index contributed by atoms with van der Waals surface area (Å²) in [6.07, 6.45) is 4.30. The second-order valence-electron chi connectivity index (χ2n) is 4.64. The first-order valence-electron chi connectivity index (χ1n) is 5.90. The zero-order valence-corrected chi connectivity index (χ0v) is 11.1. The lowest BCUT2D eigenvalue weighted by Gasteiger charge is -2.35. The monoisotopic (exact) mass is 238 g/mol. The fraction of sp³-hybridized carbons (Fsp3) is 0.667. The first kappa shape index (κ1) is 13.7. The standard InChI is InChI=1S/C12H22N4O/c1-5-6-17-11-8-14-7-10(15-11)16(4)12(2,3)9-13/h7-8H,5-6,9,13H2,1-4H3. The molecule has 0 bridgehead atoms. The molecule has 1 rings (SSSR count). The molecule has 0 aliphatic heterocycles. The van der Waals surface area contributed by atoms with Gasteiger partial charge in [-0.25, -0.2) is 0 Å². The average Bonchev–Trinajstić information content (AvgIpc) is 2.35. The van der Waals surface area contributed by atoms with Gasteiger partial charge in [-0.2, -0.15) is 4.98 Å². The number of anilines is 1. The third kappa shape index (κ3) is 3.56. The molecular formula is C12H22N4O. The van der Waals surface area contributed by atoms with E-state index in [2.05, 4.69) is 30.7 Å². The van der Waals surface area contributed by atoms with Crippen LogP contribution in [0.25, 0.3) is 0 Å². The Labute approximate surface area is 103 Å². The van der Waals surface area contributed by atoms with Crippen molar-refractivity contribution < 1.29 is 4.74 Å². The summed E-state index contributed by atoms with van der Waals surface area (Å²) in [4.78, 5) is 10.6. The fourth-order valence-electron chi connectivity index (χ4n) is 1.22. The topological polar surface area (TPSA) is 64.3 Å². The summed E-state index contributed by atoms with van der Waals surface area (Å²) in [7, 11) is 1.96. The van der Waals surface area contributed by atoms with Crippen LogP contribution in [0.4, 0.5) is 5.82 Å². The predicted octanol–water partition coefficient (Wildman–Crippen LogP) is 1.44. The zero-order valence-electron chi connectivity index (χ0n) is 11.1. The summed E-state index contributed by atoms with van der Waals surface area (Å²) in [5.74, 6) is 1.33. The third-order valence-electron chi connectivity index (χ3n) is 2.80. The summed E-state index contributed by atoms with van der Waals surface area (Å²) >= 11 is 0. The van der Waals surface area contributed by atoms with Crippen LogP contribution in [0, 0.1) is 0 Å². The highest BCUT2D eigenvalue weighted by atomic mass is 16.5. The Hall–Kier alpha value is -1.36. The number of ether oxygens (including phenoxy) is 1. The van der Waals surface area contributed by atoms with Crippen molar-refractivity contribution in [3.8, 4) is 5.88 Å². The summed E-state index contributed by atoms with van der Waals surface area (Å²) < 4.78 is 5.46. The Morgan fingerprint density at radius 2 is 2.12 bits per heavy atom. The van der Waals surface area contributed by atoms with E-state index >= 15 is 0 Å². The smallest absolute Gasteiger partial charge is 0.234 e. The molecule has 0 aliphatic rings. The van der Waals surface area contributed by atoms with E-state index < -0.39 is 0 Å². The van der Waals surface area contributed by atoms with Gasteiger partial charge < -0.3 is 15.4 Å². The summed E-state index contributed by atoms with van der Waals surface area (Å²) in [6.45, 7) is 7.39. The van der Waals surface area contributed by atoms with Crippen LogP contribution in [0.2, 0.25) is 0 Å². The average molecular weight is 238 g/mol. The van der Waals surface area contributed by atoms with Crippen LogP contribution in [0.3, 0.4) is 0 Å². The van der Waals surface area contributed by atoms with Crippen molar-refractivity contribution >= 4 is 5.82 Å². The molecule has 96 valence electrons. The third-order valence-corrected chi connectivity index (χ3v) is 2.80. The summed E-state index contributed by atoms with van der Waals surface area (Å²) in [5, 5.41) is 0. The van der Waals surface area contributed by atoms with Gasteiger partial charge in [-0.1, -0.05) is 6.92 Å². The molecule has 0 saturated heterocycles. The van der Waals surface area contributed by atoms with Gasteiger partial charge in [0, 0.05) is 19.1 Å². The Morgan fingerprint density at radius 1 is 1.41 bits per heavy atom. The van der Waals surface area contributed by atoms with Crippen LogP contribution >= 0.6 is 0 Å². The maximum Gasteiger partial charge on any atom is 0.234 e. The Morgan fingerprint density at radius 3 is 2.71 bits per heavy atom. The van der Waals surface area contributed by atoms with E-state index in [4.69, 9.17) is 10.5 Å². The van der Waals surface area contributed by atoms with Crippen molar-refractivity contribution in [1.82, 2.24) is 9.97 Å². The highest BCUT2D eigenvalue weighted by Gasteiger charge is 2.23. The molecule has 0 aromatic carbocycles. The summed E-state index contributed by atoms with van der Waals surface area (Å²) in [6, 6.07) is 0. The molecule has 0 spiro atoms. The number of hydrogen-bond acceptors (Lipinski definition) is 5. The number of nitrogens with two attached hydrogens (primary N) is 1. The lowest BCUT2D eigenvalue weighted by atomic mass is 10.0. The molecule has 5 nitrogen and oxygen atoms in total. The fourth-order valence-corrected chi connectivity index (χ4v) is 1.22. The van der Waals surface area contributed by atoms with Crippen LogP contribution in [0.5, 0.6) is 5.88 Å². The van der Waals surface area contributed by atoms with Crippen molar-refractivity contribution in [3.63, 3.8) is 0 Å². The lowest BCUT2D eigenvalue weighted by molar-refractivity contribution is 0.303. The molecule has 0 fully saturated rings. The molecule has 0 aliphatic carbocycles. The van der Waals surface area contributed by atoms with Crippen LogP contribution < -0.4 is 15.4 Å². The van der Waals surface area contributed by atoms with Crippen molar-refractivity contribution in [1.29, 1.82) is 0 Å². The van der Waals surface area contributed by atoms with Gasteiger partial charge in [0.1, 0.15) is 0 Å². The number of rotatable bonds is 6. The lowest BCUT2D eigenvalue weighted by Crippen LogP contribution is -2.47. The van der Waals surface area contributed by atoms with E-state index in [9.17, 15) is 0 Å². The Balaban J connectivity index is 2.84. The maximum atomic E-state index is 5.74. The van der Waals surface area contributed by atoms with Gasteiger partial charge in [-0.3, -0.25) is 4.98 Å². The van der Waals surface area contributed by atoms with E-state index in [1.807, 2.05) is 11.9 Å². The van der Waals surface area contributed by atoms with E-state index in [1.165, 1.54) is 0 Å². The predicted molar refractivity (Wildman–Crippen MR) is 69.4 cm³/mol. The van der Waals surface area contributed by atoms with Crippen molar-refractivity contribution in [2.45, 2.75) is 32.7 Å². The quantitative estimate of drug-likeness (QED) is 0.812. The van der Waals surface area contributed by atoms with E-state index in [-0.39, 0.29) is 5.54 Å². The molecule has 2 N–H and O–H groups in total. The zero-order chi connectivity index (χ0) is 12.9. The SMILES string of the molecule is CCCOc1cncc(N(C)C(C)(C)CN)n1. The number of likely N-dealkylation sites (N-methyl/N-ethyl adjacent to an activating group) is 1. The first-order chi connectivity index (χ1) is 8.01. The minimum Gasteiger partial charge on any atom is -0.477 e. The number of nitrogens with zero attached hydrogens (tertiary/aromatic N) is 3. The highest BCUT2D eigenvalue weighted by molar-refractivity contribution is 5.39. The van der Waals surface area contributed by atoms with Crippen LogP contribution in [0.1, 0.15) is 27.2 Å². The Bertz CT molecular complexity index is 354. The van der Waals surface area contributed by atoms with Crippen LogP contribution in [0.15, 0.2) is 12.4 Å². The van der Waals surface area contributed by atoms with Gasteiger partial charge in [0.2, 0.25) is 5.88 Å².